The molecule has 2 atom stereocenters. The van der Waals surface area contributed by atoms with Gasteiger partial charge in [-0.15, -0.1) is 11.3 Å². The van der Waals surface area contributed by atoms with Gasteiger partial charge in [0.25, 0.3) is 0 Å². The fourth-order valence-corrected chi connectivity index (χ4v) is 6.69. The minimum Gasteiger partial charge on any atom is -0.497 e. The van der Waals surface area contributed by atoms with E-state index < -0.39 is 50.1 Å². The first-order chi connectivity index (χ1) is 13.7. The topological polar surface area (TPSA) is 81.8 Å². The maximum absolute atomic E-state index is 14.8. The number of hydrogen-bond donors (Lipinski definition) is 1. The van der Waals surface area contributed by atoms with E-state index in [0.29, 0.717) is 16.2 Å². The number of methoxy groups -OCH3 is 1. The molecule has 2 heterocycles. The summed E-state index contributed by atoms with van der Waals surface area (Å²) in [6, 6.07) is 8.09. The lowest BCUT2D eigenvalue weighted by Gasteiger charge is -2.39. The third-order valence-electron chi connectivity index (χ3n) is 5.13. The number of benzene rings is 1. The lowest BCUT2D eigenvalue weighted by atomic mass is 9.99. The number of thiophene rings is 1. The van der Waals surface area contributed by atoms with E-state index in [1.165, 1.54) is 20.1 Å². The average Bonchev–Trinajstić information content (AvgIpc) is 3.01. The molecule has 1 aliphatic rings. The summed E-state index contributed by atoms with van der Waals surface area (Å²) >= 11 is 0.973. The van der Waals surface area contributed by atoms with Crippen LogP contribution in [0.25, 0.3) is 10.4 Å². The van der Waals surface area contributed by atoms with E-state index >= 15 is 0 Å². The minimum atomic E-state index is -4.76. The van der Waals surface area contributed by atoms with Crippen LogP contribution in [0.1, 0.15) is 25.1 Å². The molecule has 164 valence electrons. The van der Waals surface area contributed by atoms with Gasteiger partial charge in [-0.3, -0.25) is 4.99 Å². The number of amidine groups is 1. The molecular weight excluding hydrogens is 444 g/mol. The summed E-state index contributed by atoms with van der Waals surface area (Å²) in [6.45, 7) is 2.26. The monoisotopic (exact) mass is 464 g/mol. The Hall–Kier alpha value is -2.14. The van der Waals surface area contributed by atoms with Crippen LogP contribution in [-0.2, 0) is 15.4 Å². The summed E-state index contributed by atoms with van der Waals surface area (Å²) in [4.78, 5) is 4.56. The molecule has 3 rings (SSSR count). The lowest BCUT2D eigenvalue weighted by molar-refractivity contribution is -0.137. The Labute approximate surface area is 175 Å². The van der Waals surface area contributed by atoms with Crippen LogP contribution < -0.4 is 10.5 Å². The summed E-state index contributed by atoms with van der Waals surface area (Å²) in [6.07, 6.45) is -6.42. The highest BCUT2D eigenvalue weighted by molar-refractivity contribution is 7.93. The second kappa shape index (κ2) is 7.23. The minimum absolute atomic E-state index is 0.0131. The largest absolute Gasteiger partial charge is 0.497 e. The van der Waals surface area contributed by atoms with Gasteiger partial charge >= 0.3 is 6.18 Å². The molecule has 1 aliphatic heterocycles. The molecule has 1 aromatic carbocycles. The van der Waals surface area contributed by atoms with Gasteiger partial charge in [0.05, 0.1) is 24.2 Å². The maximum Gasteiger partial charge on any atom is 0.391 e. The molecule has 0 unspecified atom stereocenters. The number of ether oxygens (including phenoxy) is 1. The fourth-order valence-electron chi connectivity index (χ4n) is 3.46. The van der Waals surface area contributed by atoms with Crippen molar-refractivity contribution in [3.05, 3.63) is 41.0 Å². The van der Waals surface area contributed by atoms with Crippen LogP contribution in [0.3, 0.4) is 0 Å². The van der Waals surface area contributed by atoms with E-state index in [9.17, 15) is 26.0 Å². The first kappa shape index (κ1) is 22.5. The zero-order chi connectivity index (χ0) is 22.5. The quantitative estimate of drug-likeness (QED) is 0.685. The average molecular weight is 465 g/mol. The van der Waals surface area contributed by atoms with Crippen LogP contribution in [0.5, 0.6) is 5.75 Å². The van der Waals surface area contributed by atoms with Crippen molar-refractivity contribution < 1.29 is 30.7 Å². The first-order valence-electron chi connectivity index (χ1n) is 8.80. The van der Waals surface area contributed by atoms with Crippen LogP contribution in [0, 0.1) is 5.82 Å². The molecule has 0 radical (unpaired) electrons. The van der Waals surface area contributed by atoms with Gasteiger partial charge in [-0.1, -0.05) is 12.1 Å². The molecule has 0 saturated heterocycles. The second-order valence-electron chi connectivity index (χ2n) is 7.57. The lowest BCUT2D eigenvalue weighted by Crippen LogP contribution is -2.58. The van der Waals surface area contributed by atoms with Gasteiger partial charge in [-0.2, -0.15) is 13.2 Å². The van der Waals surface area contributed by atoms with Crippen molar-refractivity contribution in [3.63, 3.8) is 0 Å². The van der Waals surface area contributed by atoms with Crippen molar-refractivity contribution in [2.24, 2.45) is 10.7 Å². The molecule has 0 bridgehead atoms. The smallest absolute Gasteiger partial charge is 0.391 e. The molecule has 11 heteroatoms. The Morgan fingerprint density at radius 2 is 1.93 bits per heavy atom. The molecule has 1 aromatic heterocycles. The van der Waals surface area contributed by atoms with Gasteiger partial charge < -0.3 is 10.5 Å². The molecule has 0 saturated carbocycles. The van der Waals surface area contributed by atoms with Crippen molar-refractivity contribution in [1.29, 1.82) is 0 Å². The summed E-state index contributed by atoms with van der Waals surface area (Å²) in [5.41, 5.74) is 4.76. The van der Waals surface area contributed by atoms with E-state index in [1.807, 2.05) is 0 Å². The van der Waals surface area contributed by atoms with E-state index in [4.69, 9.17) is 10.5 Å². The first-order valence-corrected chi connectivity index (χ1v) is 11.3. The van der Waals surface area contributed by atoms with Gasteiger partial charge in [0.15, 0.2) is 9.84 Å². The summed E-state index contributed by atoms with van der Waals surface area (Å²) in [5.74, 6) is -1.61. The SMILES string of the molecule is COc1cccc(-c2cc(F)c([C@]3(C)CS(=O)(=O)[C@](C)(CC(F)(F)F)C(N)=N3)s2)c1. The molecule has 0 spiro atoms. The summed E-state index contributed by atoms with van der Waals surface area (Å²) in [5, 5.41) is 0. The van der Waals surface area contributed by atoms with Crippen LogP contribution in [0.4, 0.5) is 17.6 Å². The maximum atomic E-state index is 14.8. The van der Waals surface area contributed by atoms with E-state index in [0.717, 1.165) is 18.3 Å². The van der Waals surface area contributed by atoms with Gasteiger partial charge in [-0.25, -0.2) is 12.8 Å². The number of alkyl halides is 3. The highest BCUT2D eigenvalue weighted by Gasteiger charge is 2.56. The Bertz CT molecular complexity index is 1110. The molecule has 0 aliphatic carbocycles. The van der Waals surface area contributed by atoms with Crippen molar-refractivity contribution in [2.75, 3.05) is 12.9 Å². The van der Waals surface area contributed by atoms with Crippen molar-refractivity contribution in [2.45, 2.75) is 36.7 Å². The number of nitrogens with zero attached hydrogens (tertiary/aromatic N) is 1. The predicted molar refractivity (Wildman–Crippen MR) is 108 cm³/mol. The van der Waals surface area contributed by atoms with E-state index in [1.54, 1.807) is 24.3 Å². The molecule has 2 aromatic rings. The zero-order valence-electron chi connectivity index (χ0n) is 16.4. The van der Waals surface area contributed by atoms with E-state index in [2.05, 4.69) is 4.99 Å². The molecule has 0 amide bonds. The molecule has 2 N–H and O–H groups in total. The predicted octanol–water partition coefficient (Wildman–Crippen LogP) is 4.27. The number of sulfone groups is 1. The second-order valence-corrected chi connectivity index (χ2v) is 11.0. The number of halogens is 4. The number of aliphatic imine (C=N–C) groups is 1. The van der Waals surface area contributed by atoms with Gasteiger partial charge in [-0.05, 0) is 37.6 Å². The Kier molecular flexibility index (Phi) is 5.43. The van der Waals surface area contributed by atoms with Crippen molar-refractivity contribution in [3.8, 4) is 16.2 Å². The fraction of sp³-hybridized carbons (Fsp3) is 0.421. The molecule has 0 fully saturated rings. The normalized spacial score (nSPS) is 26.3. The highest BCUT2D eigenvalue weighted by atomic mass is 32.2. The van der Waals surface area contributed by atoms with Crippen molar-refractivity contribution >= 4 is 27.0 Å². The van der Waals surface area contributed by atoms with Crippen LogP contribution in [0.2, 0.25) is 0 Å². The van der Waals surface area contributed by atoms with E-state index in [-0.39, 0.29) is 4.88 Å². The summed E-state index contributed by atoms with van der Waals surface area (Å²) in [7, 11) is -2.91. The number of hydrogen-bond acceptors (Lipinski definition) is 6. The number of nitrogens with two attached hydrogens (primary N) is 1. The van der Waals surface area contributed by atoms with Crippen molar-refractivity contribution in [1.82, 2.24) is 0 Å². The third-order valence-corrected chi connectivity index (χ3v) is 9.22. The Morgan fingerprint density at radius 3 is 2.50 bits per heavy atom. The molecular formula is C19H20F4N2O3S2. The zero-order valence-corrected chi connectivity index (χ0v) is 18.0. The van der Waals surface area contributed by atoms with Gasteiger partial charge in [0.2, 0.25) is 0 Å². The van der Waals surface area contributed by atoms with Crippen LogP contribution in [-0.4, -0.2) is 38.0 Å². The highest BCUT2D eigenvalue weighted by Crippen LogP contribution is 2.45. The summed E-state index contributed by atoms with van der Waals surface area (Å²) < 4.78 is 82.3. The van der Waals surface area contributed by atoms with Crippen LogP contribution >= 0.6 is 11.3 Å². The standard InChI is InChI=1S/C19H20F4N2O3S2/c1-17(10-30(26,27)18(2,16(24)25-17)9-19(21,22)23)15-13(20)8-14(29-15)11-5-4-6-12(7-11)28-3/h4-8H,9-10H2,1-3H3,(H2,24,25)/t17-,18+/m0/s1. The molecule has 5 nitrogen and oxygen atoms in total. The van der Waals surface area contributed by atoms with Gasteiger partial charge in [0, 0.05) is 4.88 Å². The van der Waals surface area contributed by atoms with Gasteiger partial charge in [0.1, 0.15) is 27.7 Å². The Balaban J connectivity index is 2.08. The molecule has 30 heavy (non-hydrogen) atoms. The Morgan fingerprint density at radius 1 is 1.27 bits per heavy atom. The van der Waals surface area contributed by atoms with Crippen LogP contribution in [0.15, 0.2) is 35.3 Å². The number of rotatable bonds is 4. The third kappa shape index (κ3) is 3.92.